The van der Waals surface area contributed by atoms with Crippen molar-refractivity contribution in [1.29, 1.82) is 0 Å². The second kappa shape index (κ2) is 4.54. The van der Waals surface area contributed by atoms with E-state index in [4.69, 9.17) is 17.3 Å². The van der Waals surface area contributed by atoms with E-state index < -0.39 is 0 Å². The number of imidazole rings is 1. The van der Waals surface area contributed by atoms with E-state index in [9.17, 15) is 0 Å². The van der Waals surface area contributed by atoms with Gasteiger partial charge in [0.15, 0.2) is 0 Å². The zero-order valence-electron chi connectivity index (χ0n) is 10.8. The number of aryl methyl sites for hydroxylation is 2. The molecule has 0 bridgehead atoms. The number of fused-ring (bicyclic) bond motifs is 1. The lowest BCUT2D eigenvalue weighted by molar-refractivity contribution is 0.852. The number of nitrogens with zero attached hydrogens (tertiary/aromatic N) is 2. The zero-order valence-corrected chi connectivity index (χ0v) is 12.3. The molecule has 0 aliphatic heterocycles. The first kappa shape index (κ1) is 12.5. The molecule has 2 N–H and O–H groups in total. The molecule has 0 fully saturated rings. The average Bonchev–Trinajstić information content (AvgIpc) is 2.82. The Bertz CT molecular complexity index is 738. The summed E-state index contributed by atoms with van der Waals surface area (Å²) in [4.78, 5) is 6.99. The number of nitrogen functional groups attached to an aromatic ring is 1. The van der Waals surface area contributed by atoms with Gasteiger partial charge in [0, 0.05) is 14.8 Å². The van der Waals surface area contributed by atoms with Crippen LogP contribution >= 0.6 is 22.9 Å². The van der Waals surface area contributed by atoms with Gasteiger partial charge in [0.25, 0.3) is 0 Å². The molecular weight excluding hydrogens is 278 g/mol. The van der Waals surface area contributed by atoms with Crippen LogP contribution in [0.15, 0.2) is 24.3 Å². The largest absolute Gasteiger partial charge is 0.369 e. The van der Waals surface area contributed by atoms with Crippen LogP contribution in [0, 0.1) is 13.8 Å². The van der Waals surface area contributed by atoms with E-state index in [1.54, 1.807) is 11.3 Å². The van der Waals surface area contributed by atoms with Crippen molar-refractivity contribution < 1.29 is 0 Å². The van der Waals surface area contributed by atoms with Gasteiger partial charge in [-0.05, 0) is 43.7 Å². The predicted octanol–water partition coefficient (Wildman–Crippen LogP) is 4.00. The molecule has 0 spiro atoms. The van der Waals surface area contributed by atoms with Gasteiger partial charge in [-0.25, -0.2) is 4.98 Å². The lowest BCUT2D eigenvalue weighted by atomic mass is 10.3. The van der Waals surface area contributed by atoms with E-state index in [2.05, 4.69) is 24.9 Å². The van der Waals surface area contributed by atoms with Gasteiger partial charge in [0.05, 0.1) is 17.6 Å². The van der Waals surface area contributed by atoms with E-state index in [1.165, 1.54) is 15.3 Å². The number of anilines is 1. The predicted molar refractivity (Wildman–Crippen MR) is 82.1 cm³/mol. The number of nitrogens with two attached hydrogens (primary N) is 1. The summed E-state index contributed by atoms with van der Waals surface area (Å²) < 4.78 is 2.01. The molecule has 3 aromatic rings. The Kier molecular flexibility index (Phi) is 2.99. The van der Waals surface area contributed by atoms with Gasteiger partial charge in [-0.3, -0.25) is 0 Å². The summed E-state index contributed by atoms with van der Waals surface area (Å²) in [5.41, 5.74) is 9.19. The third kappa shape index (κ3) is 2.22. The molecule has 1 aromatic carbocycles. The number of rotatable bonds is 2. The number of hydrogen-bond donors (Lipinski definition) is 1. The fourth-order valence-electron chi connectivity index (χ4n) is 2.16. The first-order valence-electron chi connectivity index (χ1n) is 6.02. The molecule has 2 heterocycles. The van der Waals surface area contributed by atoms with Crippen LogP contribution < -0.4 is 5.73 Å². The maximum atomic E-state index is 6.05. The Hall–Kier alpha value is -1.52. The van der Waals surface area contributed by atoms with Gasteiger partial charge in [-0.1, -0.05) is 11.6 Å². The van der Waals surface area contributed by atoms with Gasteiger partial charge in [0.2, 0.25) is 5.95 Å². The lowest BCUT2D eigenvalue weighted by Crippen LogP contribution is -2.03. The summed E-state index contributed by atoms with van der Waals surface area (Å²) in [5, 5.41) is 0.701. The quantitative estimate of drug-likeness (QED) is 0.775. The monoisotopic (exact) mass is 291 g/mol. The van der Waals surface area contributed by atoms with Crippen LogP contribution in [0.3, 0.4) is 0 Å². The van der Waals surface area contributed by atoms with E-state index in [-0.39, 0.29) is 0 Å². The van der Waals surface area contributed by atoms with Crippen molar-refractivity contribution in [3.63, 3.8) is 0 Å². The first-order chi connectivity index (χ1) is 9.04. The third-order valence-electron chi connectivity index (χ3n) is 3.27. The molecule has 0 aliphatic rings. The highest BCUT2D eigenvalue weighted by Gasteiger charge is 2.10. The van der Waals surface area contributed by atoms with Crippen LogP contribution in [0.25, 0.3) is 11.0 Å². The number of hydrogen-bond acceptors (Lipinski definition) is 3. The summed E-state index contributed by atoms with van der Waals surface area (Å²) in [6.45, 7) is 5.00. The molecule has 0 unspecified atom stereocenters. The van der Waals surface area contributed by atoms with E-state index in [0.29, 0.717) is 11.0 Å². The molecule has 0 amide bonds. The highest BCUT2D eigenvalue weighted by molar-refractivity contribution is 7.12. The van der Waals surface area contributed by atoms with Crippen molar-refractivity contribution in [2.24, 2.45) is 0 Å². The van der Waals surface area contributed by atoms with Crippen LogP contribution in [0.1, 0.15) is 15.3 Å². The molecule has 0 saturated heterocycles. The van der Waals surface area contributed by atoms with E-state index >= 15 is 0 Å². The van der Waals surface area contributed by atoms with Gasteiger partial charge in [-0.2, -0.15) is 0 Å². The number of halogens is 1. The van der Waals surface area contributed by atoms with Crippen molar-refractivity contribution in [2.75, 3.05) is 5.73 Å². The number of thiophene rings is 1. The number of aromatic nitrogens is 2. The minimum absolute atomic E-state index is 0.529. The summed E-state index contributed by atoms with van der Waals surface area (Å²) in [5.74, 6) is 0.529. The first-order valence-corrected chi connectivity index (χ1v) is 7.21. The normalized spacial score (nSPS) is 11.3. The van der Waals surface area contributed by atoms with E-state index in [1.807, 2.05) is 22.8 Å². The second-order valence-electron chi connectivity index (χ2n) is 4.64. The summed E-state index contributed by atoms with van der Waals surface area (Å²) in [6.07, 6.45) is 0. The highest BCUT2D eigenvalue weighted by atomic mass is 35.5. The molecule has 2 aromatic heterocycles. The number of benzene rings is 1. The molecule has 5 heteroatoms. The van der Waals surface area contributed by atoms with Crippen molar-refractivity contribution in [3.8, 4) is 0 Å². The molecule has 0 aliphatic carbocycles. The Labute approximate surface area is 120 Å². The van der Waals surface area contributed by atoms with Crippen LogP contribution in [0.5, 0.6) is 0 Å². The summed E-state index contributed by atoms with van der Waals surface area (Å²) in [7, 11) is 0. The molecule has 3 rings (SSSR count). The highest BCUT2D eigenvalue weighted by Crippen LogP contribution is 2.26. The second-order valence-corrected chi connectivity index (χ2v) is 6.42. The van der Waals surface area contributed by atoms with Crippen LogP contribution in [0.4, 0.5) is 5.95 Å². The average molecular weight is 292 g/mol. The maximum absolute atomic E-state index is 6.05. The van der Waals surface area contributed by atoms with Gasteiger partial charge in [0.1, 0.15) is 0 Å². The SMILES string of the molecule is Cc1cc(Cn2c(N)nc3ccc(Cl)cc32)sc1C. The van der Waals surface area contributed by atoms with E-state index in [0.717, 1.165) is 17.6 Å². The Morgan fingerprint density at radius 2 is 2.11 bits per heavy atom. The van der Waals surface area contributed by atoms with Crippen LogP contribution in [-0.2, 0) is 6.54 Å². The molecule has 0 atom stereocenters. The summed E-state index contributed by atoms with van der Waals surface area (Å²) >= 11 is 7.85. The van der Waals surface area contributed by atoms with Gasteiger partial charge < -0.3 is 10.3 Å². The molecule has 0 radical (unpaired) electrons. The smallest absolute Gasteiger partial charge is 0.201 e. The van der Waals surface area contributed by atoms with Crippen molar-refractivity contribution in [3.05, 3.63) is 44.6 Å². The molecule has 3 nitrogen and oxygen atoms in total. The Morgan fingerprint density at radius 3 is 2.79 bits per heavy atom. The fourth-order valence-corrected chi connectivity index (χ4v) is 3.37. The standard InChI is InChI=1S/C14H14ClN3S/c1-8-5-11(19-9(8)2)7-18-13-6-10(15)3-4-12(13)17-14(18)16/h3-6H,7H2,1-2H3,(H2,16,17). The molecule has 0 saturated carbocycles. The molecular formula is C14H14ClN3S. The summed E-state index contributed by atoms with van der Waals surface area (Å²) in [6, 6.07) is 7.85. The molecule has 98 valence electrons. The van der Waals surface area contributed by atoms with Gasteiger partial charge >= 0.3 is 0 Å². The van der Waals surface area contributed by atoms with Crippen molar-refractivity contribution in [2.45, 2.75) is 20.4 Å². The van der Waals surface area contributed by atoms with Crippen molar-refractivity contribution in [1.82, 2.24) is 9.55 Å². The third-order valence-corrected chi connectivity index (χ3v) is 4.64. The fraction of sp³-hybridized carbons (Fsp3) is 0.214. The van der Waals surface area contributed by atoms with Crippen molar-refractivity contribution >= 4 is 39.9 Å². The zero-order chi connectivity index (χ0) is 13.6. The Balaban J connectivity index is 2.09. The topological polar surface area (TPSA) is 43.8 Å². The Morgan fingerprint density at radius 1 is 1.32 bits per heavy atom. The van der Waals surface area contributed by atoms with Crippen LogP contribution in [0.2, 0.25) is 5.02 Å². The van der Waals surface area contributed by atoms with Gasteiger partial charge in [-0.15, -0.1) is 11.3 Å². The minimum atomic E-state index is 0.529. The molecule has 19 heavy (non-hydrogen) atoms. The minimum Gasteiger partial charge on any atom is -0.369 e. The lowest BCUT2D eigenvalue weighted by Gasteiger charge is -2.04. The maximum Gasteiger partial charge on any atom is 0.201 e. The van der Waals surface area contributed by atoms with Crippen LogP contribution in [-0.4, -0.2) is 9.55 Å².